The Morgan fingerprint density at radius 3 is 2.62 bits per heavy atom. The molecule has 0 aliphatic rings. The van der Waals surface area contributed by atoms with Crippen molar-refractivity contribution in [2.75, 3.05) is 10.6 Å². The van der Waals surface area contributed by atoms with Crippen LogP contribution in [0.2, 0.25) is 10.0 Å². The van der Waals surface area contributed by atoms with Crippen LogP contribution in [0.25, 0.3) is 0 Å². The van der Waals surface area contributed by atoms with Crippen LogP contribution in [-0.4, -0.2) is 15.9 Å². The second-order valence-electron chi connectivity index (χ2n) is 5.19. The summed E-state index contributed by atoms with van der Waals surface area (Å²) in [4.78, 5) is 20.4. The fourth-order valence-corrected chi connectivity index (χ4v) is 2.43. The van der Waals surface area contributed by atoms with E-state index in [9.17, 15) is 4.79 Å². The minimum absolute atomic E-state index is 0.171. The first-order valence-electron chi connectivity index (χ1n) is 7.41. The van der Waals surface area contributed by atoms with Gasteiger partial charge >= 0.3 is 0 Å². The van der Waals surface area contributed by atoms with Crippen LogP contribution < -0.4 is 10.6 Å². The van der Waals surface area contributed by atoms with Gasteiger partial charge in [0.25, 0.3) is 5.91 Å². The number of nitrogens with zero attached hydrogens (tertiary/aromatic N) is 3. The highest BCUT2D eigenvalue weighted by Gasteiger charge is 2.10. The lowest BCUT2D eigenvalue weighted by atomic mass is 10.2. The summed E-state index contributed by atoms with van der Waals surface area (Å²) < 4.78 is 0. The number of hydrogen-bond donors (Lipinski definition) is 2. The van der Waals surface area contributed by atoms with E-state index < -0.39 is 5.91 Å². The fraction of sp³-hybridized carbons (Fsp3) is 0. The van der Waals surface area contributed by atoms with Crippen LogP contribution in [0.4, 0.5) is 17.2 Å². The molecule has 0 saturated heterocycles. The van der Waals surface area contributed by atoms with Gasteiger partial charge in [0.2, 0.25) is 0 Å². The number of nitrogens with one attached hydrogen (secondary N) is 2. The zero-order valence-corrected chi connectivity index (χ0v) is 14.7. The second kappa shape index (κ2) is 7.83. The summed E-state index contributed by atoms with van der Waals surface area (Å²) in [6.07, 6.45) is 1.28. The predicted octanol–water partition coefficient (Wildman–Crippen LogP) is 4.65. The number of aromatic nitrogens is 2. The van der Waals surface area contributed by atoms with Crippen molar-refractivity contribution in [2.24, 2.45) is 0 Å². The van der Waals surface area contributed by atoms with Crippen LogP contribution in [0, 0.1) is 11.3 Å². The highest BCUT2D eigenvalue weighted by molar-refractivity contribution is 6.42. The lowest BCUT2D eigenvalue weighted by Crippen LogP contribution is -2.14. The van der Waals surface area contributed by atoms with E-state index in [4.69, 9.17) is 28.5 Å². The fourth-order valence-electron chi connectivity index (χ4n) is 2.13. The summed E-state index contributed by atoms with van der Waals surface area (Å²) in [6.45, 7) is 0. The molecule has 6 nitrogen and oxygen atoms in total. The molecule has 0 spiro atoms. The van der Waals surface area contributed by atoms with E-state index in [1.165, 1.54) is 12.4 Å². The topological polar surface area (TPSA) is 90.7 Å². The van der Waals surface area contributed by atoms with Crippen molar-refractivity contribution in [3.8, 4) is 6.07 Å². The van der Waals surface area contributed by atoms with E-state index >= 15 is 0 Å². The summed E-state index contributed by atoms with van der Waals surface area (Å²) >= 11 is 11.9. The first kappa shape index (κ1) is 17.7. The molecule has 128 valence electrons. The minimum Gasteiger partial charge on any atom is -0.340 e. The SMILES string of the molecule is N#Cc1cccc(NC(=O)c2cc(Nc3ccc(Cl)c(Cl)c3)ncn2)c1. The van der Waals surface area contributed by atoms with Gasteiger partial charge in [-0.25, -0.2) is 9.97 Å². The van der Waals surface area contributed by atoms with Gasteiger partial charge in [-0.05, 0) is 36.4 Å². The molecule has 0 aliphatic carbocycles. The third-order valence-electron chi connectivity index (χ3n) is 3.34. The predicted molar refractivity (Wildman–Crippen MR) is 101 cm³/mol. The average molecular weight is 384 g/mol. The van der Waals surface area contributed by atoms with Gasteiger partial charge in [0.05, 0.1) is 21.7 Å². The molecule has 0 unspecified atom stereocenters. The monoisotopic (exact) mass is 383 g/mol. The molecule has 0 saturated carbocycles. The van der Waals surface area contributed by atoms with E-state index in [2.05, 4.69) is 20.6 Å². The molecule has 26 heavy (non-hydrogen) atoms. The number of benzene rings is 2. The Hall–Kier alpha value is -3.14. The van der Waals surface area contributed by atoms with Crippen LogP contribution in [0.1, 0.15) is 16.1 Å². The van der Waals surface area contributed by atoms with Crippen molar-refractivity contribution in [2.45, 2.75) is 0 Å². The summed E-state index contributed by atoms with van der Waals surface area (Å²) in [7, 11) is 0. The molecule has 1 amide bonds. The van der Waals surface area contributed by atoms with Crippen LogP contribution in [0.5, 0.6) is 0 Å². The molecule has 0 aliphatic heterocycles. The number of rotatable bonds is 4. The van der Waals surface area contributed by atoms with Gasteiger partial charge in [-0.3, -0.25) is 4.79 Å². The number of amides is 1. The van der Waals surface area contributed by atoms with Gasteiger partial charge in [-0.2, -0.15) is 5.26 Å². The Kier molecular flexibility index (Phi) is 5.32. The Labute approximate surface area is 159 Å². The number of carbonyl (C=O) groups excluding carboxylic acids is 1. The highest BCUT2D eigenvalue weighted by atomic mass is 35.5. The van der Waals surface area contributed by atoms with E-state index in [1.807, 2.05) is 6.07 Å². The number of nitriles is 1. The normalized spacial score (nSPS) is 10.0. The molecule has 0 atom stereocenters. The Morgan fingerprint density at radius 1 is 1.00 bits per heavy atom. The first-order chi connectivity index (χ1) is 12.5. The van der Waals surface area contributed by atoms with Crippen molar-refractivity contribution < 1.29 is 4.79 Å². The first-order valence-corrected chi connectivity index (χ1v) is 8.16. The molecule has 0 radical (unpaired) electrons. The summed E-state index contributed by atoms with van der Waals surface area (Å²) in [5, 5.41) is 15.5. The Morgan fingerprint density at radius 2 is 1.85 bits per heavy atom. The van der Waals surface area contributed by atoms with Crippen LogP contribution >= 0.6 is 23.2 Å². The largest absolute Gasteiger partial charge is 0.340 e. The summed E-state index contributed by atoms with van der Waals surface area (Å²) in [5.41, 5.74) is 1.80. The lowest BCUT2D eigenvalue weighted by Gasteiger charge is -2.08. The number of hydrogen-bond acceptors (Lipinski definition) is 5. The van der Waals surface area contributed by atoms with Crippen molar-refractivity contribution in [3.63, 3.8) is 0 Å². The Balaban J connectivity index is 1.76. The van der Waals surface area contributed by atoms with Crippen molar-refractivity contribution in [1.82, 2.24) is 9.97 Å². The Bertz CT molecular complexity index is 1020. The third kappa shape index (κ3) is 4.28. The highest BCUT2D eigenvalue weighted by Crippen LogP contribution is 2.26. The lowest BCUT2D eigenvalue weighted by molar-refractivity contribution is 0.102. The van der Waals surface area contributed by atoms with E-state index in [0.717, 1.165) is 0 Å². The standard InChI is InChI=1S/C18H11Cl2N5O/c19-14-5-4-13(7-15(14)20)24-17-8-16(22-10-23-17)18(26)25-12-3-1-2-11(6-12)9-21/h1-8,10H,(H,25,26)(H,22,23,24). The number of carbonyl (C=O) groups is 1. The maximum absolute atomic E-state index is 12.4. The van der Waals surface area contributed by atoms with Gasteiger partial charge in [0, 0.05) is 17.4 Å². The zero-order valence-electron chi connectivity index (χ0n) is 13.2. The van der Waals surface area contributed by atoms with Gasteiger partial charge in [-0.15, -0.1) is 0 Å². The summed E-state index contributed by atoms with van der Waals surface area (Å²) in [6, 6.07) is 15.2. The average Bonchev–Trinajstić information content (AvgIpc) is 2.65. The molecule has 1 heterocycles. The van der Waals surface area contributed by atoms with Crippen LogP contribution in [-0.2, 0) is 0 Å². The smallest absolute Gasteiger partial charge is 0.274 e. The maximum Gasteiger partial charge on any atom is 0.274 e. The van der Waals surface area contributed by atoms with Crippen LogP contribution in [0.3, 0.4) is 0 Å². The van der Waals surface area contributed by atoms with Crippen molar-refractivity contribution in [1.29, 1.82) is 5.26 Å². The quantitative estimate of drug-likeness (QED) is 0.683. The number of halogens is 2. The third-order valence-corrected chi connectivity index (χ3v) is 4.08. The van der Waals surface area contributed by atoms with Gasteiger partial charge < -0.3 is 10.6 Å². The van der Waals surface area contributed by atoms with Crippen molar-refractivity contribution >= 4 is 46.3 Å². The molecule has 0 fully saturated rings. The molecule has 3 aromatic rings. The number of anilines is 3. The summed E-state index contributed by atoms with van der Waals surface area (Å²) in [5.74, 6) is 0.00833. The molecular formula is C18H11Cl2N5O. The van der Waals surface area contributed by atoms with Gasteiger partial charge in [-0.1, -0.05) is 29.3 Å². The second-order valence-corrected chi connectivity index (χ2v) is 6.00. The minimum atomic E-state index is -0.417. The van der Waals surface area contributed by atoms with Gasteiger partial charge in [0.1, 0.15) is 17.8 Å². The van der Waals surface area contributed by atoms with E-state index in [0.29, 0.717) is 32.8 Å². The van der Waals surface area contributed by atoms with Gasteiger partial charge in [0.15, 0.2) is 0 Å². The maximum atomic E-state index is 12.4. The molecule has 2 N–H and O–H groups in total. The van der Waals surface area contributed by atoms with E-state index in [-0.39, 0.29) is 5.69 Å². The molecular weight excluding hydrogens is 373 g/mol. The van der Waals surface area contributed by atoms with Crippen molar-refractivity contribution in [3.05, 3.63) is 76.2 Å². The molecule has 3 rings (SSSR count). The molecule has 2 aromatic carbocycles. The molecule has 8 heteroatoms. The zero-order chi connectivity index (χ0) is 18.5. The molecule has 0 bridgehead atoms. The van der Waals surface area contributed by atoms with E-state index in [1.54, 1.807) is 42.5 Å². The molecule has 1 aromatic heterocycles. The van der Waals surface area contributed by atoms with Crippen LogP contribution in [0.15, 0.2) is 54.9 Å².